The molecule has 0 spiro atoms. The number of nitrogens with one attached hydrogen (secondary N) is 2. The van der Waals surface area contributed by atoms with Crippen molar-refractivity contribution < 1.29 is 19.2 Å². The van der Waals surface area contributed by atoms with Crippen LogP contribution in [0, 0.1) is 16.0 Å². The molecule has 8 nitrogen and oxygen atoms in total. The van der Waals surface area contributed by atoms with E-state index in [0.29, 0.717) is 24.4 Å². The molecule has 34 heavy (non-hydrogen) atoms. The highest BCUT2D eigenvalue weighted by Gasteiger charge is 2.29. The average molecular weight is 468 g/mol. The summed E-state index contributed by atoms with van der Waals surface area (Å²) in [5.74, 6) is 0.442. The molecular formula is C26H33N3O5. The molecule has 8 heteroatoms. The summed E-state index contributed by atoms with van der Waals surface area (Å²) in [7, 11) is 0. The number of nitrogens with zero attached hydrogens (tertiary/aromatic N) is 1. The molecule has 1 amide bonds. The molecule has 0 bridgehead atoms. The quantitative estimate of drug-likeness (QED) is 0.357. The van der Waals surface area contributed by atoms with Gasteiger partial charge in [0.2, 0.25) is 6.29 Å². The largest absolute Gasteiger partial charge is 0.464 e. The number of anilines is 1. The van der Waals surface area contributed by atoms with Crippen LogP contribution in [-0.2, 0) is 11.3 Å². The monoisotopic (exact) mass is 467 g/mol. The van der Waals surface area contributed by atoms with Gasteiger partial charge in [0.1, 0.15) is 5.75 Å². The van der Waals surface area contributed by atoms with E-state index >= 15 is 0 Å². The van der Waals surface area contributed by atoms with Gasteiger partial charge in [0.15, 0.2) is 0 Å². The number of para-hydroxylation sites is 1. The third-order valence-corrected chi connectivity index (χ3v) is 6.63. The van der Waals surface area contributed by atoms with Crippen LogP contribution >= 0.6 is 0 Å². The molecule has 0 aromatic heterocycles. The Morgan fingerprint density at radius 1 is 1.21 bits per heavy atom. The first kappa shape index (κ1) is 24.0. The standard InChI is InChI=1S/C26H33N3O5/c1-2-3-8-18(26-33-17-19-9-4-7-12-24(19)34-26)16-27-25(30)22-15-21(29(31)32)13-14-23(22)28-20-10-5-6-11-20/h4,7,9,12-15,18,20,26,28H,2-3,5-6,8,10-11,16-17H2,1H3,(H,27,30). The van der Waals surface area contributed by atoms with Crippen molar-refractivity contribution in [2.24, 2.45) is 5.92 Å². The number of fused-ring (bicyclic) bond motifs is 1. The predicted octanol–water partition coefficient (Wildman–Crippen LogP) is 5.42. The molecule has 1 aliphatic carbocycles. The first-order valence-corrected chi connectivity index (χ1v) is 12.2. The van der Waals surface area contributed by atoms with Crippen LogP contribution in [-0.4, -0.2) is 29.7 Å². The van der Waals surface area contributed by atoms with Gasteiger partial charge in [-0.15, -0.1) is 0 Å². The second kappa shape index (κ2) is 11.3. The zero-order valence-electron chi connectivity index (χ0n) is 19.6. The molecule has 2 aromatic carbocycles. The van der Waals surface area contributed by atoms with Crippen LogP contribution in [0.3, 0.4) is 0 Å². The fraction of sp³-hybridized carbons (Fsp3) is 0.500. The number of unbranched alkanes of at least 4 members (excludes halogenated alkanes) is 1. The Balaban J connectivity index is 1.47. The van der Waals surface area contributed by atoms with Crippen LogP contribution in [0.2, 0.25) is 0 Å². The minimum absolute atomic E-state index is 0.0396. The second-order valence-corrected chi connectivity index (χ2v) is 9.13. The molecular weight excluding hydrogens is 434 g/mol. The van der Waals surface area contributed by atoms with Gasteiger partial charge in [-0.3, -0.25) is 14.9 Å². The lowest BCUT2D eigenvalue weighted by Gasteiger charge is -2.32. The maximum atomic E-state index is 13.2. The number of ether oxygens (including phenoxy) is 2. The van der Waals surface area contributed by atoms with Crippen molar-refractivity contribution in [2.45, 2.75) is 70.8 Å². The molecule has 1 heterocycles. The Bertz CT molecular complexity index is 1010. The number of nitro groups is 1. The lowest BCUT2D eigenvalue weighted by Crippen LogP contribution is -2.40. The summed E-state index contributed by atoms with van der Waals surface area (Å²) in [6.45, 7) is 2.95. The maximum absolute atomic E-state index is 13.2. The minimum Gasteiger partial charge on any atom is -0.464 e. The first-order valence-electron chi connectivity index (χ1n) is 12.2. The number of carbonyl (C=O) groups excluding carboxylic acids is 1. The highest BCUT2D eigenvalue weighted by atomic mass is 16.7. The highest BCUT2D eigenvalue weighted by Crippen LogP contribution is 2.31. The van der Waals surface area contributed by atoms with Gasteiger partial charge < -0.3 is 20.1 Å². The van der Waals surface area contributed by atoms with Gasteiger partial charge in [-0.2, -0.15) is 0 Å². The number of nitro benzene ring substituents is 1. The topological polar surface area (TPSA) is 103 Å². The molecule has 4 rings (SSSR count). The molecule has 2 aliphatic rings. The van der Waals surface area contributed by atoms with Crippen LogP contribution in [0.15, 0.2) is 42.5 Å². The van der Waals surface area contributed by atoms with Crippen molar-refractivity contribution >= 4 is 17.3 Å². The van der Waals surface area contributed by atoms with Crippen LogP contribution in [0.4, 0.5) is 11.4 Å². The lowest BCUT2D eigenvalue weighted by molar-refractivity contribution is -0.384. The van der Waals surface area contributed by atoms with Crippen molar-refractivity contribution in [1.29, 1.82) is 0 Å². The SMILES string of the molecule is CCCCC(CNC(=O)c1cc([N+](=O)[O-])ccc1NC1CCCC1)C1OCc2ccccc2O1. The van der Waals surface area contributed by atoms with Crippen LogP contribution in [0.1, 0.15) is 67.8 Å². The number of hydrogen-bond acceptors (Lipinski definition) is 6. The number of rotatable bonds is 10. The molecule has 1 fully saturated rings. The second-order valence-electron chi connectivity index (χ2n) is 9.13. The van der Waals surface area contributed by atoms with E-state index in [0.717, 1.165) is 56.3 Å². The number of amides is 1. The molecule has 1 aliphatic heterocycles. The summed E-state index contributed by atoms with van der Waals surface area (Å²) in [6.07, 6.45) is 6.76. The Morgan fingerprint density at radius 2 is 2.00 bits per heavy atom. The van der Waals surface area contributed by atoms with E-state index in [4.69, 9.17) is 9.47 Å². The summed E-state index contributed by atoms with van der Waals surface area (Å²) in [4.78, 5) is 24.1. The number of benzene rings is 2. The zero-order valence-corrected chi connectivity index (χ0v) is 19.6. The highest BCUT2D eigenvalue weighted by molar-refractivity contribution is 6.00. The molecule has 2 atom stereocenters. The minimum atomic E-state index is -0.471. The van der Waals surface area contributed by atoms with E-state index in [1.54, 1.807) is 6.07 Å². The van der Waals surface area contributed by atoms with Crippen molar-refractivity contribution in [3.63, 3.8) is 0 Å². The number of hydrogen-bond donors (Lipinski definition) is 2. The van der Waals surface area contributed by atoms with E-state index in [2.05, 4.69) is 17.6 Å². The molecule has 2 aromatic rings. The molecule has 2 unspecified atom stereocenters. The Kier molecular flexibility index (Phi) is 8.00. The fourth-order valence-corrected chi connectivity index (χ4v) is 4.67. The summed E-state index contributed by atoms with van der Waals surface area (Å²) in [6, 6.07) is 12.5. The fourth-order valence-electron chi connectivity index (χ4n) is 4.67. The third kappa shape index (κ3) is 5.86. The Morgan fingerprint density at radius 3 is 2.76 bits per heavy atom. The van der Waals surface area contributed by atoms with E-state index in [1.807, 2.05) is 24.3 Å². The molecule has 2 N–H and O–H groups in total. The van der Waals surface area contributed by atoms with Crippen molar-refractivity contribution in [1.82, 2.24) is 5.32 Å². The van der Waals surface area contributed by atoms with Gasteiger partial charge in [0, 0.05) is 41.9 Å². The maximum Gasteiger partial charge on any atom is 0.270 e. The van der Waals surface area contributed by atoms with E-state index in [1.165, 1.54) is 12.1 Å². The summed E-state index contributed by atoms with van der Waals surface area (Å²) in [5.41, 5.74) is 1.85. The van der Waals surface area contributed by atoms with E-state index in [-0.39, 0.29) is 23.6 Å². The first-order chi connectivity index (χ1) is 16.5. The smallest absolute Gasteiger partial charge is 0.270 e. The van der Waals surface area contributed by atoms with Crippen LogP contribution in [0.5, 0.6) is 5.75 Å². The number of non-ortho nitro benzene ring substituents is 1. The Labute approximate surface area is 200 Å². The average Bonchev–Trinajstić information content (AvgIpc) is 3.37. The summed E-state index contributed by atoms with van der Waals surface area (Å²) < 4.78 is 12.1. The predicted molar refractivity (Wildman–Crippen MR) is 130 cm³/mol. The summed E-state index contributed by atoms with van der Waals surface area (Å²) >= 11 is 0. The lowest BCUT2D eigenvalue weighted by atomic mass is 10.00. The van der Waals surface area contributed by atoms with Gasteiger partial charge in [-0.25, -0.2) is 0 Å². The van der Waals surface area contributed by atoms with Gasteiger partial charge in [0.05, 0.1) is 17.1 Å². The van der Waals surface area contributed by atoms with Gasteiger partial charge in [0.25, 0.3) is 11.6 Å². The van der Waals surface area contributed by atoms with Gasteiger partial charge in [-0.1, -0.05) is 50.8 Å². The summed E-state index contributed by atoms with van der Waals surface area (Å²) in [5, 5.41) is 17.8. The molecule has 1 saturated carbocycles. The van der Waals surface area contributed by atoms with E-state index < -0.39 is 11.2 Å². The van der Waals surface area contributed by atoms with Crippen molar-refractivity contribution in [3.05, 3.63) is 63.7 Å². The molecule has 0 radical (unpaired) electrons. The van der Waals surface area contributed by atoms with Gasteiger partial charge >= 0.3 is 0 Å². The Hall–Kier alpha value is -3.13. The van der Waals surface area contributed by atoms with Gasteiger partial charge in [-0.05, 0) is 31.4 Å². The zero-order chi connectivity index (χ0) is 23.9. The normalized spacial score (nSPS) is 18.6. The third-order valence-electron chi connectivity index (χ3n) is 6.63. The van der Waals surface area contributed by atoms with Crippen molar-refractivity contribution in [2.75, 3.05) is 11.9 Å². The van der Waals surface area contributed by atoms with Crippen LogP contribution in [0.25, 0.3) is 0 Å². The molecule has 0 saturated heterocycles. The number of carbonyl (C=O) groups is 1. The van der Waals surface area contributed by atoms with Crippen molar-refractivity contribution in [3.8, 4) is 5.75 Å². The van der Waals surface area contributed by atoms with Crippen LogP contribution < -0.4 is 15.4 Å². The van der Waals surface area contributed by atoms with E-state index in [9.17, 15) is 14.9 Å². The molecule has 182 valence electrons.